The maximum Gasteiger partial charge on any atom is 0.329 e. The highest BCUT2D eigenvalue weighted by atomic mass is 35.5. The number of anilines is 1. The van der Waals surface area contributed by atoms with E-state index in [9.17, 15) is 14.9 Å². The molecule has 2 aromatic rings. The molecule has 126 valence electrons. The summed E-state index contributed by atoms with van der Waals surface area (Å²) in [5, 5.41) is 20.0. The Hall–Kier alpha value is -2.94. The second-order valence-electron chi connectivity index (χ2n) is 4.70. The summed E-state index contributed by atoms with van der Waals surface area (Å²) in [5.41, 5.74) is 0.301. The first-order valence-corrected chi connectivity index (χ1v) is 7.05. The number of hydrogen-bond acceptors (Lipinski definition) is 7. The lowest BCUT2D eigenvalue weighted by Crippen LogP contribution is -2.30. The van der Waals surface area contributed by atoms with Gasteiger partial charge < -0.3 is 14.7 Å². The SMILES string of the molecule is COc1ccc(CN(CC(=O)O)c2nc(Cl)ncc2[N+](=O)[O-])cc1. The van der Waals surface area contributed by atoms with Crippen molar-refractivity contribution >= 4 is 29.1 Å². The number of hydrogen-bond donors (Lipinski definition) is 1. The maximum atomic E-state index is 11.2. The lowest BCUT2D eigenvalue weighted by molar-refractivity contribution is -0.384. The summed E-state index contributed by atoms with van der Waals surface area (Å²) in [6.45, 7) is -0.398. The Balaban J connectivity index is 2.39. The van der Waals surface area contributed by atoms with E-state index in [1.54, 1.807) is 24.3 Å². The molecule has 0 radical (unpaired) electrons. The topological polar surface area (TPSA) is 119 Å². The van der Waals surface area contributed by atoms with Crippen LogP contribution >= 0.6 is 11.6 Å². The van der Waals surface area contributed by atoms with Crippen LogP contribution in [0.2, 0.25) is 5.28 Å². The molecular weight excluding hydrogens is 340 g/mol. The molecule has 1 aromatic carbocycles. The van der Waals surface area contributed by atoms with Crippen LogP contribution in [0.5, 0.6) is 5.75 Å². The van der Waals surface area contributed by atoms with E-state index in [1.807, 2.05) is 0 Å². The molecule has 0 bridgehead atoms. The number of carboxylic acid groups (broad SMARTS) is 1. The zero-order chi connectivity index (χ0) is 17.7. The normalized spacial score (nSPS) is 10.2. The zero-order valence-corrected chi connectivity index (χ0v) is 13.3. The average Bonchev–Trinajstić information content (AvgIpc) is 2.54. The second-order valence-corrected chi connectivity index (χ2v) is 5.04. The third-order valence-corrected chi connectivity index (χ3v) is 3.26. The first kappa shape index (κ1) is 17.4. The molecule has 2 rings (SSSR count). The standard InChI is InChI=1S/C14H13ClN4O5/c1-24-10-4-2-9(3-5-10)7-18(8-12(20)21)13-11(19(22)23)6-16-14(15)17-13/h2-6H,7-8H2,1H3,(H,20,21). The van der Waals surface area contributed by atoms with E-state index in [1.165, 1.54) is 12.0 Å². The molecular formula is C14H13ClN4O5. The molecule has 24 heavy (non-hydrogen) atoms. The van der Waals surface area contributed by atoms with Crippen molar-refractivity contribution < 1.29 is 19.6 Å². The van der Waals surface area contributed by atoms with Crippen LogP contribution in [0, 0.1) is 10.1 Å². The van der Waals surface area contributed by atoms with Crippen molar-refractivity contribution in [2.75, 3.05) is 18.6 Å². The Kier molecular flexibility index (Phi) is 5.48. The van der Waals surface area contributed by atoms with Gasteiger partial charge in [-0.25, -0.2) is 4.98 Å². The molecule has 1 aromatic heterocycles. The number of methoxy groups -OCH3 is 1. The summed E-state index contributed by atoms with van der Waals surface area (Å²) >= 11 is 5.71. The van der Waals surface area contributed by atoms with E-state index in [0.29, 0.717) is 5.75 Å². The third kappa shape index (κ3) is 4.29. The van der Waals surface area contributed by atoms with Crippen molar-refractivity contribution in [3.8, 4) is 5.75 Å². The van der Waals surface area contributed by atoms with Gasteiger partial charge in [0.1, 0.15) is 18.5 Å². The molecule has 0 saturated carbocycles. The number of carbonyl (C=O) groups is 1. The molecule has 1 N–H and O–H groups in total. The number of benzene rings is 1. The lowest BCUT2D eigenvalue weighted by Gasteiger charge is -2.21. The van der Waals surface area contributed by atoms with Crippen molar-refractivity contribution in [2.24, 2.45) is 0 Å². The molecule has 10 heteroatoms. The number of carboxylic acids is 1. The fourth-order valence-corrected chi connectivity index (χ4v) is 2.16. The van der Waals surface area contributed by atoms with E-state index >= 15 is 0 Å². The number of aromatic nitrogens is 2. The quantitative estimate of drug-likeness (QED) is 0.457. The van der Waals surface area contributed by atoms with Gasteiger partial charge in [-0.3, -0.25) is 14.9 Å². The van der Waals surface area contributed by atoms with Crippen molar-refractivity contribution in [3.05, 3.63) is 51.4 Å². The summed E-state index contributed by atoms with van der Waals surface area (Å²) in [5.74, 6) is -0.676. The predicted octanol–water partition coefficient (Wildman–Crippen LogP) is 2.14. The molecule has 0 fully saturated rings. The Morgan fingerprint density at radius 2 is 2.08 bits per heavy atom. The minimum Gasteiger partial charge on any atom is -0.497 e. The number of halogens is 1. The summed E-state index contributed by atoms with van der Waals surface area (Å²) in [6, 6.07) is 6.86. The molecule has 0 amide bonds. The molecule has 0 atom stereocenters. The number of nitro groups is 1. The van der Waals surface area contributed by atoms with Gasteiger partial charge in [0, 0.05) is 6.54 Å². The average molecular weight is 353 g/mol. The zero-order valence-electron chi connectivity index (χ0n) is 12.5. The van der Waals surface area contributed by atoms with E-state index in [4.69, 9.17) is 21.4 Å². The minimum absolute atomic E-state index is 0.0878. The summed E-state index contributed by atoms with van der Waals surface area (Å²) in [7, 11) is 1.53. The maximum absolute atomic E-state index is 11.2. The number of nitrogens with zero attached hydrogens (tertiary/aromatic N) is 4. The van der Waals surface area contributed by atoms with Crippen LogP contribution in [0.4, 0.5) is 11.5 Å². The summed E-state index contributed by atoms with van der Waals surface area (Å²) in [6.07, 6.45) is 0.952. The smallest absolute Gasteiger partial charge is 0.329 e. The minimum atomic E-state index is -1.16. The van der Waals surface area contributed by atoms with Gasteiger partial charge >= 0.3 is 11.7 Å². The van der Waals surface area contributed by atoms with Crippen LogP contribution in [0.15, 0.2) is 30.5 Å². The van der Waals surface area contributed by atoms with Crippen LogP contribution in [0.25, 0.3) is 0 Å². The number of ether oxygens (including phenoxy) is 1. The highest BCUT2D eigenvalue weighted by Crippen LogP contribution is 2.27. The van der Waals surface area contributed by atoms with Crippen LogP contribution < -0.4 is 9.64 Å². The summed E-state index contributed by atoms with van der Waals surface area (Å²) < 4.78 is 5.05. The van der Waals surface area contributed by atoms with Gasteiger partial charge in [-0.05, 0) is 29.3 Å². The van der Waals surface area contributed by atoms with E-state index in [-0.39, 0.29) is 17.6 Å². The molecule has 0 aliphatic rings. The van der Waals surface area contributed by atoms with Gasteiger partial charge in [0.05, 0.1) is 12.0 Å². The Morgan fingerprint density at radius 1 is 1.42 bits per heavy atom. The predicted molar refractivity (Wildman–Crippen MR) is 85.4 cm³/mol. The van der Waals surface area contributed by atoms with Crippen LogP contribution in [0.3, 0.4) is 0 Å². The molecule has 0 aliphatic heterocycles. The van der Waals surface area contributed by atoms with Gasteiger partial charge in [-0.1, -0.05) is 12.1 Å². The Morgan fingerprint density at radius 3 is 2.62 bits per heavy atom. The molecule has 0 spiro atoms. The molecule has 0 unspecified atom stereocenters. The highest BCUT2D eigenvalue weighted by Gasteiger charge is 2.24. The van der Waals surface area contributed by atoms with Crippen molar-refractivity contribution in [1.82, 2.24) is 9.97 Å². The van der Waals surface area contributed by atoms with Crippen LogP contribution in [0.1, 0.15) is 5.56 Å². The van der Waals surface area contributed by atoms with E-state index < -0.39 is 23.1 Å². The second kappa shape index (κ2) is 7.55. The lowest BCUT2D eigenvalue weighted by atomic mass is 10.2. The van der Waals surface area contributed by atoms with Gasteiger partial charge in [0.25, 0.3) is 0 Å². The van der Waals surface area contributed by atoms with Gasteiger partial charge in [0.15, 0.2) is 0 Å². The fraction of sp³-hybridized carbons (Fsp3) is 0.214. The van der Waals surface area contributed by atoms with Gasteiger partial charge in [-0.15, -0.1) is 0 Å². The van der Waals surface area contributed by atoms with Crippen LogP contribution in [-0.2, 0) is 11.3 Å². The van der Waals surface area contributed by atoms with Gasteiger partial charge in [0.2, 0.25) is 11.1 Å². The Labute approximate surface area is 141 Å². The Bertz CT molecular complexity index is 753. The molecule has 1 heterocycles. The van der Waals surface area contributed by atoms with Crippen molar-refractivity contribution in [3.63, 3.8) is 0 Å². The number of aliphatic carboxylic acids is 1. The van der Waals surface area contributed by atoms with Crippen molar-refractivity contribution in [2.45, 2.75) is 6.54 Å². The molecule has 9 nitrogen and oxygen atoms in total. The fourth-order valence-electron chi connectivity index (χ4n) is 2.03. The monoisotopic (exact) mass is 352 g/mol. The van der Waals surface area contributed by atoms with Crippen LogP contribution in [-0.4, -0.2) is 39.6 Å². The largest absolute Gasteiger partial charge is 0.497 e. The number of rotatable bonds is 7. The molecule has 0 saturated heterocycles. The van der Waals surface area contributed by atoms with E-state index in [2.05, 4.69) is 9.97 Å². The van der Waals surface area contributed by atoms with Gasteiger partial charge in [-0.2, -0.15) is 4.98 Å². The first-order valence-electron chi connectivity index (χ1n) is 6.67. The first-order chi connectivity index (χ1) is 11.4. The summed E-state index contributed by atoms with van der Waals surface area (Å²) in [4.78, 5) is 30.2. The van der Waals surface area contributed by atoms with E-state index in [0.717, 1.165) is 11.8 Å². The highest BCUT2D eigenvalue weighted by molar-refractivity contribution is 6.28. The molecule has 0 aliphatic carbocycles. The third-order valence-electron chi connectivity index (χ3n) is 3.08. The van der Waals surface area contributed by atoms with Crippen molar-refractivity contribution in [1.29, 1.82) is 0 Å².